The summed E-state index contributed by atoms with van der Waals surface area (Å²) in [6.07, 6.45) is -3.53. The van der Waals surface area contributed by atoms with Crippen LogP contribution in [-0.2, 0) is 23.9 Å². The number of pyridine rings is 1. The molecular formula is C29H34Cl2F4N4O3. The summed E-state index contributed by atoms with van der Waals surface area (Å²) in [5, 5.41) is 2.47. The van der Waals surface area contributed by atoms with Gasteiger partial charge in [0.1, 0.15) is 5.82 Å². The number of carbonyl (C=O) groups is 1. The maximum Gasteiger partial charge on any atom is 0.416 e. The number of piperazine rings is 1. The number of alkyl halides is 3. The number of anilines is 1. The Bertz CT molecular complexity index is 1410. The Balaban J connectivity index is 0.00000308. The van der Waals surface area contributed by atoms with Crippen molar-refractivity contribution in [1.82, 2.24) is 14.8 Å². The van der Waals surface area contributed by atoms with Crippen LogP contribution in [0.1, 0.15) is 30.5 Å². The minimum atomic E-state index is -4.59. The lowest BCUT2D eigenvalue weighted by Gasteiger charge is -2.34. The Labute approximate surface area is 254 Å². The molecule has 0 aliphatic carbocycles. The molecule has 1 fully saturated rings. The van der Waals surface area contributed by atoms with Gasteiger partial charge in [0.05, 0.1) is 18.6 Å². The molecular weight excluding hydrogens is 599 g/mol. The molecule has 0 bridgehead atoms. The van der Waals surface area contributed by atoms with Gasteiger partial charge in [0.25, 0.3) is 5.56 Å². The number of hydrogen-bond donors (Lipinski definition) is 2. The van der Waals surface area contributed by atoms with E-state index in [0.717, 1.165) is 25.7 Å². The van der Waals surface area contributed by atoms with Crippen molar-refractivity contribution in [2.45, 2.75) is 33.0 Å². The predicted molar refractivity (Wildman–Crippen MR) is 159 cm³/mol. The Morgan fingerprint density at radius 2 is 1.62 bits per heavy atom. The quantitative estimate of drug-likeness (QED) is 0.293. The fourth-order valence-electron chi connectivity index (χ4n) is 4.70. The Kier molecular flexibility index (Phi) is 12.8. The SMILES string of the molecule is CCOc1cc(-c2ccc(CC(=O)Nc3ccc(CN4CCN(CC)CC4)c(C(F)(F)F)c3)c(F)c2)c[nH]c1=O.Cl.Cl. The molecule has 2 aromatic carbocycles. The highest BCUT2D eigenvalue weighted by atomic mass is 35.5. The number of H-pyrrole nitrogens is 1. The number of halogens is 6. The van der Waals surface area contributed by atoms with Crippen molar-refractivity contribution in [3.05, 3.63) is 81.5 Å². The lowest BCUT2D eigenvalue weighted by Crippen LogP contribution is -2.45. The van der Waals surface area contributed by atoms with E-state index in [4.69, 9.17) is 4.74 Å². The number of carbonyl (C=O) groups excluding carboxylic acids is 1. The van der Waals surface area contributed by atoms with Crippen LogP contribution >= 0.6 is 24.8 Å². The summed E-state index contributed by atoms with van der Waals surface area (Å²) in [7, 11) is 0. The summed E-state index contributed by atoms with van der Waals surface area (Å²) in [6.45, 7) is 8.15. The second-order valence-electron chi connectivity index (χ2n) is 9.63. The van der Waals surface area contributed by atoms with Gasteiger partial charge in [0.15, 0.2) is 5.75 Å². The molecule has 230 valence electrons. The zero-order chi connectivity index (χ0) is 28.9. The lowest BCUT2D eigenvalue weighted by atomic mass is 10.0. The highest BCUT2D eigenvalue weighted by Gasteiger charge is 2.34. The smallest absolute Gasteiger partial charge is 0.416 e. The van der Waals surface area contributed by atoms with Gasteiger partial charge in [0.2, 0.25) is 5.91 Å². The van der Waals surface area contributed by atoms with Gasteiger partial charge < -0.3 is 19.9 Å². The van der Waals surface area contributed by atoms with E-state index >= 15 is 0 Å². The standard InChI is InChI=1S/C29H32F4N4O3.2ClH/c1-3-36-9-11-37(12-10-36)18-21-7-8-23(16-24(21)29(31,32)33)35-27(38)15-20-6-5-19(13-25(20)30)22-14-26(40-4-2)28(39)34-17-22;;/h5-8,13-14,16-17H,3-4,9-12,15,18H2,1-2H3,(H,34,39)(H,35,38);2*1H. The predicted octanol–water partition coefficient (Wildman–Crippen LogP) is 5.76. The van der Waals surface area contributed by atoms with Crippen molar-refractivity contribution in [3.8, 4) is 16.9 Å². The summed E-state index contributed by atoms with van der Waals surface area (Å²) < 4.78 is 61.8. The number of nitrogens with zero attached hydrogens (tertiary/aromatic N) is 2. The Hall–Kier alpha value is -3.12. The molecule has 0 radical (unpaired) electrons. The Morgan fingerprint density at radius 3 is 2.24 bits per heavy atom. The van der Waals surface area contributed by atoms with E-state index in [1.54, 1.807) is 13.0 Å². The van der Waals surface area contributed by atoms with Crippen molar-refractivity contribution in [1.29, 1.82) is 0 Å². The molecule has 3 aromatic rings. The van der Waals surface area contributed by atoms with Gasteiger partial charge in [-0.25, -0.2) is 4.39 Å². The second kappa shape index (κ2) is 15.4. The second-order valence-corrected chi connectivity index (χ2v) is 9.63. The number of benzene rings is 2. The van der Waals surface area contributed by atoms with Gasteiger partial charge in [-0.3, -0.25) is 14.5 Å². The van der Waals surface area contributed by atoms with Crippen molar-refractivity contribution in [3.63, 3.8) is 0 Å². The summed E-state index contributed by atoms with van der Waals surface area (Å²) in [6, 6.07) is 9.50. The zero-order valence-electron chi connectivity index (χ0n) is 23.2. The van der Waals surface area contributed by atoms with E-state index < -0.39 is 29.0 Å². The zero-order valence-corrected chi connectivity index (χ0v) is 24.9. The largest absolute Gasteiger partial charge is 0.488 e. The number of likely N-dealkylation sites (N-methyl/N-ethyl adjacent to an activating group) is 1. The molecule has 7 nitrogen and oxygen atoms in total. The van der Waals surface area contributed by atoms with E-state index in [9.17, 15) is 27.2 Å². The van der Waals surface area contributed by atoms with Crippen LogP contribution in [0.3, 0.4) is 0 Å². The minimum Gasteiger partial charge on any atom is -0.488 e. The van der Waals surface area contributed by atoms with Gasteiger partial charge in [-0.15, -0.1) is 24.8 Å². The molecule has 4 rings (SSSR count). The fraction of sp³-hybridized carbons (Fsp3) is 0.379. The van der Waals surface area contributed by atoms with Crippen LogP contribution in [0.5, 0.6) is 5.75 Å². The van der Waals surface area contributed by atoms with E-state index in [2.05, 4.69) is 22.1 Å². The highest BCUT2D eigenvalue weighted by Crippen LogP contribution is 2.35. The van der Waals surface area contributed by atoms with Gasteiger partial charge in [-0.1, -0.05) is 25.1 Å². The van der Waals surface area contributed by atoms with Crippen LogP contribution in [0, 0.1) is 5.82 Å². The first-order valence-corrected chi connectivity index (χ1v) is 13.2. The normalized spacial score (nSPS) is 14.0. The van der Waals surface area contributed by atoms with Crippen LogP contribution in [-0.4, -0.2) is 60.0 Å². The van der Waals surface area contributed by atoms with Crippen LogP contribution < -0.4 is 15.6 Å². The third kappa shape index (κ3) is 8.94. The third-order valence-corrected chi connectivity index (χ3v) is 6.91. The monoisotopic (exact) mass is 632 g/mol. The van der Waals surface area contributed by atoms with E-state index in [-0.39, 0.29) is 60.3 Å². The van der Waals surface area contributed by atoms with Gasteiger partial charge in [-0.05, 0) is 54.4 Å². The summed E-state index contributed by atoms with van der Waals surface area (Å²) >= 11 is 0. The van der Waals surface area contributed by atoms with Gasteiger partial charge in [0, 0.05) is 50.2 Å². The number of ether oxygens (including phenoxy) is 1. The first-order chi connectivity index (χ1) is 19.1. The molecule has 42 heavy (non-hydrogen) atoms. The molecule has 0 spiro atoms. The average molecular weight is 634 g/mol. The number of nitrogens with one attached hydrogen (secondary N) is 2. The maximum absolute atomic E-state index is 14.9. The summed E-state index contributed by atoms with van der Waals surface area (Å²) in [5.41, 5.74) is -0.0145. The van der Waals surface area contributed by atoms with Crippen molar-refractivity contribution in [2.75, 3.05) is 44.6 Å². The number of hydrogen-bond acceptors (Lipinski definition) is 5. The third-order valence-electron chi connectivity index (χ3n) is 6.91. The number of amides is 1. The van der Waals surface area contributed by atoms with Gasteiger partial charge >= 0.3 is 6.18 Å². The molecule has 1 amide bonds. The topological polar surface area (TPSA) is 77.7 Å². The molecule has 0 saturated carbocycles. The first-order valence-electron chi connectivity index (χ1n) is 13.2. The highest BCUT2D eigenvalue weighted by molar-refractivity contribution is 5.92. The summed E-state index contributed by atoms with van der Waals surface area (Å²) in [4.78, 5) is 31.2. The summed E-state index contributed by atoms with van der Waals surface area (Å²) in [5.74, 6) is -1.20. The molecule has 2 heterocycles. The van der Waals surface area contributed by atoms with Crippen LogP contribution in [0.4, 0.5) is 23.2 Å². The minimum absolute atomic E-state index is 0. The number of rotatable bonds is 9. The number of aromatic nitrogens is 1. The Morgan fingerprint density at radius 1 is 0.952 bits per heavy atom. The van der Waals surface area contributed by atoms with E-state index in [1.165, 1.54) is 36.5 Å². The van der Waals surface area contributed by atoms with Crippen molar-refractivity contribution in [2.24, 2.45) is 0 Å². The lowest BCUT2D eigenvalue weighted by molar-refractivity contribution is -0.138. The molecule has 1 aliphatic heterocycles. The molecule has 1 saturated heterocycles. The number of aromatic amines is 1. The molecule has 1 aromatic heterocycles. The van der Waals surface area contributed by atoms with E-state index in [0.29, 0.717) is 30.8 Å². The van der Waals surface area contributed by atoms with Crippen molar-refractivity contribution < 1.29 is 27.1 Å². The van der Waals surface area contributed by atoms with E-state index in [1.807, 2.05) is 4.90 Å². The maximum atomic E-state index is 14.9. The molecule has 0 atom stereocenters. The van der Waals surface area contributed by atoms with Gasteiger partial charge in [-0.2, -0.15) is 13.2 Å². The molecule has 0 unspecified atom stereocenters. The molecule has 1 aliphatic rings. The average Bonchev–Trinajstić information content (AvgIpc) is 2.92. The van der Waals surface area contributed by atoms with Crippen LogP contribution in [0.15, 0.2) is 53.5 Å². The van der Waals surface area contributed by atoms with Crippen LogP contribution in [0.2, 0.25) is 0 Å². The van der Waals surface area contributed by atoms with Crippen molar-refractivity contribution >= 4 is 36.4 Å². The van der Waals surface area contributed by atoms with Crippen LogP contribution in [0.25, 0.3) is 11.1 Å². The first kappa shape index (κ1) is 35.1. The fourth-order valence-corrected chi connectivity index (χ4v) is 4.70. The molecule has 2 N–H and O–H groups in total. The molecule has 13 heteroatoms.